The number of nitrogens with one attached hydrogen (secondary N) is 1. The lowest BCUT2D eigenvalue weighted by molar-refractivity contribution is 0.387. The lowest BCUT2D eigenvalue weighted by Gasteiger charge is -2.39. The molecule has 0 bridgehead atoms. The molecule has 21 heavy (non-hydrogen) atoms. The first-order valence-corrected chi connectivity index (χ1v) is 8.33. The Bertz CT molecular complexity index is 484. The van der Waals surface area contributed by atoms with E-state index in [4.69, 9.17) is 9.97 Å². The smallest absolute Gasteiger partial charge is 0.137 e. The van der Waals surface area contributed by atoms with Crippen LogP contribution in [0.4, 0.5) is 11.6 Å². The Morgan fingerprint density at radius 3 is 2.57 bits per heavy atom. The minimum absolute atomic E-state index is 0.347. The lowest BCUT2D eigenvalue weighted by Crippen LogP contribution is -2.42. The standard InChI is InChI=1S/C17H30N4/c1-7-18-16-14(6)17(20-15(19-16)11(2)3)21-10-12(4)8-9-13(21)5/h11-13H,7-10H2,1-6H3,(H,18,19,20). The summed E-state index contributed by atoms with van der Waals surface area (Å²) >= 11 is 0. The van der Waals surface area contributed by atoms with Crippen LogP contribution in [-0.4, -0.2) is 29.1 Å². The van der Waals surface area contributed by atoms with Gasteiger partial charge >= 0.3 is 0 Å². The third kappa shape index (κ3) is 3.47. The molecule has 2 rings (SSSR count). The van der Waals surface area contributed by atoms with Crippen molar-refractivity contribution in [1.29, 1.82) is 0 Å². The molecule has 2 heterocycles. The molecular weight excluding hydrogens is 260 g/mol. The van der Waals surface area contributed by atoms with E-state index in [1.807, 2.05) is 0 Å². The van der Waals surface area contributed by atoms with Crippen molar-refractivity contribution in [2.24, 2.45) is 5.92 Å². The molecule has 1 aliphatic rings. The molecule has 1 aromatic heterocycles. The van der Waals surface area contributed by atoms with Gasteiger partial charge in [-0.2, -0.15) is 0 Å². The number of aromatic nitrogens is 2. The van der Waals surface area contributed by atoms with Crippen LogP contribution in [0.3, 0.4) is 0 Å². The van der Waals surface area contributed by atoms with E-state index < -0.39 is 0 Å². The number of hydrogen-bond acceptors (Lipinski definition) is 4. The Balaban J connectivity index is 2.45. The summed E-state index contributed by atoms with van der Waals surface area (Å²) < 4.78 is 0. The van der Waals surface area contributed by atoms with Gasteiger partial charge in [0.15, 0.2) is 0 Å². The van der Waals surface area contributed by atoms with Crippen LogP contribution in [-0.2, 0) is 0 Å². The van der Waals surface area contributed by atoms with Gasteiger partial charge in [0.1, 0.15) is 17.5 Å². The highest BCUT2D eigenvalue weighted by molar-refractivity contribution is 5.59. The largest absolute Gasteiger partial charge is 0.370 e. The van der Waals surface area contributed by atoms with E-state index >= 15 is 0 Å². The van der Waals surface area contributed by atoms with E-state index in [-0.39, 0.29) is 0 Å². The van der Waals surface area contributed by atoms with E-state index in [9.17, 15) is 0 Å². The number of anilines is 2. The van der Waals surface area contributed by atoms with Crippen LogP contribution in [0.1, 0.15) is 64.8 Å². The topological polar surface area (TPSA) is 41.1 Å². The fraction of sp³-hybridized carbons (Fsp3) is 0.765. The SMILES string of the molecule is CCNc1nc(C(C)C)nc(N2CC(C)CCC2C)c1C. The minimum Gasteiger partial charge on any atom is -0.370 e. The van der Waals surface area contributed by atoms with Gasteiger partial charge in [-0.3, -0.25) is 0 Å². The molecule has 1 N–H and O–H groups in total. The maximum atomic E-state index is 4.90. The van der Waals surface area contributed by atoms with Crippen LogP contribution < -0.4 is 10.2 Å². The molecule has 1 saturated heterocycles. The quantitative estimate of drug-likeness (QED) is 0.911. The molecule has 2 unspecified atom stereocenters. The third-order valence-corrected chi connectivity index (χ3v) is 4.39. The van der Waals surface area contributed by atoms with Gasteiger partial charge in [-0.25, -0.2) is 9.97 Å². The van der Waals surface area contributed by atoms with Crippen LogP contribution in [0.15, 0.2) is 0 Å². The molecule has 0 saturated carbocycles. The normalized spacial score (nSPS) is 22.7. The Morgan fingerprint density at radius 2 is 1.95 bits per heavy atom. The molecular formula is C17H30N4. The van der Waals surface area contributed by atoms with Crippen molar-refractivity contribution in [3.05, 3.63) is 11.4 Å². The maximum absolute atomic E-state index is 4.90. The average Bonchev–Trinajstić information content (AvgIpc) is 2.44. The van der Waals surface area contributed by atoms with Gasteiger partial charge in [0.25, 0.3) is 0 Å². The van der Waals surface area contributed by atoms with Crippen molar-refractivity contribution in [2.45, 2.75) is 66.3 Å². The van der Waals surface area contributed by atoms with Crippen LogP contribution in [0, 0.1) is 12.8 Å². The predicted octanol–water partition coefficient (Wildman–Crippen LogP) is 3.97. The summed E-state index contributed by atoms with van der Waals surface area (Å²) in [5, 5.41) is 3.40. The van der Waals surface area contributed by atoms with Crippen LogP contribution in [0.25, 0.3) is 0 Å². The van der Waals surface area contributed by atoms with E-state index in [0.717, 1.165) is 36.5 Å². The first-order valence-electron chi connectivity index (χ1n) is 8.33. The Labute approximate surface area is 129 Å². The summed E-state index contributed by atoms with van der Waals surface area (Å²) in [5.41, 5.74) is 1.18. The third-order valence-electron chi connectivity index (χ3n) is 4.39. The van der Waals surface area contributed by atoms with Crippen molar-refractivity contribution >= 4 is 11.6 Å². The zero-order valence-electron chi connectivity index (χ0n) is 14.4. The van der Waals surface area contributed by atoms with E-state index in [1.54, 1.807) is 0 Å². The fourth-order valence-electron chi connectivity index (χ4n) is 2.98. The molecule has 1 aliphatic heterocycles. The molecule has 0 spiro atoms. The summed E-state index contributed by atoms with van der Waals surface area (Å²) in [6.07, 6.45) is 2.57. The Kier molecular flexibility index (Phi) is 5.07. The second kappa shape index (κ2) is 6.63. The zero-order chi connectivity index (χ0) is 15.6. The van der Waals surface area contributed by atoms with Crippen molar-refractivity contribution in [2.75, 3.05) is 23.3 Å². The second-order valence-electron chi connectivity index (χ2n) is 6.75. The summed E-state index contributed by atoms with van der Waals surface area (Å²) in [4.78, 5) is 12.1. The van der Waals surface area contributed by atoms with Gasteiger partial charge in [0.2, 0.25) is 0 Å². The molecule has 4 heteroatoms. The number of hydrogen-bond donors (Lipinski definition) is 1. The highest BCUT2D eigenvalue weighted by Gasteiger charge is 2.27. The molecule has 4 nitrogen and oxygen atoms in total. The molecule has 0 amide bonds. The Morgan fingerprint density at radius 1 is 1.24 bits per heavy atom. The fourth-order valence-corrected chi connectivity index (χ4v) is 2.98. The zero-order valence-corrected chi connectivity index (χ0v) is 14.4. The van der Waals surface area contributed by atoms with Gasteiger partial charge in [0.05, 0.1) is 0 Å². The second-order valence-corrected chi connectivity index (χ2v) is 6.75. The molecule has 1 aromatic rings. The monoisotopic (exact) mass is 290 g/mol. The molecule has 0 radical (unpaired) electrons. The number of piperidine rings is 1. The van der Waals surface area contributed by atoms with Crippen LogP contribution in [0.5, 0.6) is 0 Å². The van der Waals surface area contributed by atoms with E-state index in [0.29, 0.717) is 12.0 Å². The van der Waals surface area contributed by atoms with Crippen LogP contribution in [0.2, 0.25) is 0 Å². The first-order chi connectivity index (χ1) is 9.93. The highest BCUT2D eigenvalue weighted by atomic mass is 15.2. The summed E-state index contributed by atoms with van der Waals surface area (Å²) in [5.74, 6) is 4.15. The van der Waals surface area contributed by atoms with Crippen molar-refractivity contribution in [3.63, 3.8) is 0 Å². The van der Waals surface area contributed by atoms with E-state index in [2.05, 4.69) is 51.8 Å². The van der Waals surface area contributed by atoms with Crippen molar-refractivity contribution in [3.8, 4) is 0 Å². The highest BCUT2D eigenvalue weighted by Crippen LogP contribution is 2.32. The van der Waals surface area contributed by atoms with Crippen molar-refractivity contribution < 1.29 is 0 Å². The van der Waals surface area contributed by atoms with Gasteiger partial charge in [-0.05, 0) is 39.5 Å². The van der Waals surface area contributed by atoms with Gasteiger partial charge < -0.3 is 10.2 Å². The van der Waals surface area contributed by atoms with Gasteiger partial charge in [0, 0.05) is 30.6 Å². The predicted molar refractivity (Wildman–Crippen MR) is 90.2 cm³/mol. The van der Waals surface area contributed by atoms with Crippen molar-refractivity contribution in [1.82, 2.24) is 9.97 Å². The van der Waals surface area contributed by atoms with Crippen LogP contribution >= 0.6 is 0 Å². The number of rotatable bonds is 4. The van der Waals surface area contributed by atoms with Gasteiger partial charge in [-0.15, -0.1) is 0 Å². The molecule has 1 fully saturated rings. The summed E-state index contributed by atoms with van der Waals surface area (Å²) in [6, 6.07) is 0.560. The molecule has 118 valence electrons. The molecule has 2 atom stereocenters. The van der Waals surface area contributed by atoms with Gasteiger partial charge in [-0.1, -0.05) is 20.8 Å². The summed E-state index contributed by atoms with van der Waals surface area (Å²) in [6.45, 7) is 15.2. The summed E-state index contributed by atoms with van der Waals surface area (Å²) in [7, 11) is 0. The number of nitrogens with zero attached hydrogens (tertiary/aromatic N) is 3. The maximum Gasteiger partial charge on any atom is 0.137 e. The molecule has 0 aromatic carbocycles. The lowest BCUT2D eigenvalue weighted by atomic mass is 9.94. The average molecular weight is 290 g/mol. The molecule has 0 aliphatic carbocycles. The first kappa shape index (κ1) is 16.1. The Hall–Kier alpha value is -1.32. The van der Waals surface area contributed by atoms with E-state index in [1.165, 1.54) is 18.4 Å². The minimum atomic E-state index is 0.347.